The minimum absolute atomic E-state index is 0.329. The lowest BCUT2D eigenvalue weighted by Crippen LogP contribution is -2.68. The summed E-state index contributed by atoms with van der Waals surface area (Å²) >= 11 is 0. The molecule has 5 fully saturated rings. The first kappa shape index (κ1) is 17.3. The summed E-state index contributed by atoms with van der Waals surface area (Å²) in [6.07, 6.45) is 4.21. The molecule has 2 unspecified atom stereocenters. The molecular weight excluding hydrogens is 296 g/mol. The van der Waals surface area contributed by atoms with E-state index < -0.39 is 0 Å². The number of nitrogens with zero attached hydrogens (tertiary/aromatic N) is 4. The number of hydrogen-bond acceptors (Lipinski definition) is 4. The lowest BCUT2D eigenvalue weighted by Gasteiger charge is -2.57. The zero-order valence-electron chi connectivity index (χ0n) is 16.8. The molecule has 4 heteroatoms. The van der Waals surface area contributed by atoms with E-state index in [9.17, 15) is 0 Å². The minimum Gasteiger partial charge on any atom is -0.293 e. The normalized spacial score (nSPS) is 39.2. The predicted molar refractivity (Wildman–Crippen MR) is 100 cm³/mol. The van der Waals surface area contributed by atoms with Gasteiger partial charge in [-0.25, -0.2) is 0 Å². The van der Waals surface area contributed by atoms with E-state index in [1.54, 1.807) is 0 Å². The van der Waals surface area contributed by atoms with Crippen LogP contribution in [-0.4, -0.2) is 87.7 Å². The largest absolute Gasteiger partial charge is 0.293 e. The van der Waals surface area contributed by atoms with Gasteiger partial charge >= 0.3 is 0 Å². The average Bonchev–Trinajstić information content (AvgIpc) is 3.06. The highest BCUT2D eigenvalue weighted by atomic mass is 15.5. The lowest BCUT2D eigenvalue weighted by molar-refractivity contribution is -0.0864. The molecule has 0 N–H and O–H groups in total. The number of likely N-dealkylation sites (tertiary alicyclic amines) is 2. The first-order valence-corrected chi connectivity index (χ1v) is 10.1. The van der Waals surface area contributed by atoms with Crippen molar-refractivity contribution in [3.63, 3.8) is 0 Å². The fourth-order valence-corrected chi connectivity index (χ4v) is 5.89. The summed E-state index contributed by atoms with van der Waals surface area (Å²) in [6.45, 7) is 20.7. The Morgan fingerprint density at radius 3 is 1.62 bits per heavy atom. The number of fused-ring (bicyclic) bond motifs is 5. The molecule has 138 valence electrons. The number of hydrogen-bond donors (Lipinski definition) is 0. The number of piperazine rings is 2. The highest BCUT2D eigenvalue weighted by Crippen LogP contribution is 2.38. The standard InChI is InChI=1S/C20H38N4/c1-19(2,3)23-12-15-7-8-16(23)10-21(15)14-22-11-18-9-17(22)13-24(18)20(4,5)6/h15-18H,7-14H2,1-6H3/t15?,16?,17-,18-/m1/s1. The topological polar surface area (TPSA) is 13.0 Å². The monoisotopic (exact) mass is 334 g/mol. The molecule has 0 radical (unpaired) electrons. The van der Waals surface area contributed by atoms with Gasteiger partial charge in [0.05, 0.1) is 6.67 Å². The van der Waals surface area contributed by atoms with Crippen LogP contribution in [0.2, 0.25) is 0 Å². The molecule has 5 heterocycles. The maximum absolute atomic E-state index is 2.82. The molecular formula is C20H38N4. The Morgan fingerprint density at radius 1 is 0.625 bits per heavy atom. The molecule has 0 aromatic rings. The first-order chi connectivity index (χ1) is 11.1. The van der Waals surface area contributed by atoms with Crippen molar-refractivity contribution < 1.29 is 0 Å². The van der Waals surface area contributed by atoms with Gasteiger partial charge in [-0.05, 0) is 60.8 Å². The molecule has 5 saturated heterocycles. The van der Waals surface area contributed by atoms with Crippen LogP contribution in [0.4, 0.5) is 0 Å². The predicted octanol–water partition coefficient (Wildman–Crippen LogP) is 2.45. The van der Waals surface area contributed by atoms with Gasteiger partial charge in [0, 0.05) is 61.4 Å². The molecule has 0 spiro atoms. The molecule has 0 aliphatic carbocycles. The molecule has 0 amide bonds. The van der Waals surface area contributed by atoms with Gasteiger partial charge in [-0.2, -0.15) is 0 Å². The maximum atomic E-state index is 2.82. The molecule has 5 rings (SSSR count). The van der Waals surface area contributed by atoms with Crippen molar-refractivity contribution in [1.82, 2.24) is 19.6 Å². The van der Waals surface area contributed by atoms with Gasteiger partial charge < -0.3 is 0 Å². The Morgan fingerprint density at radius 2 is 1.12 bits per heavy atom. The van der Waals surface area contributed by atoms with Crippen molar-refractivity contribution in [3.8, 4) is 0 Å². The van der Waals surface area contributed by atoms with Crippen molar-refractivity contribution in [2.75, 3.05) is 32.8 Å². The number of piperidine rings is 2. The average molecular weight is 335 g/mol. The highest BCUT2D eigenvalue weighted by Gasteiger charge is 2.49. The zero-order valence-corrected chi connectivity index (χ0v) is 16.8. The maximum Gasteiger partial charge on any atom is 0.0514 e. The van der Waals surface area contributed by atoms with Crippen LogP contribution in [0.5, 0.6) is 0 Å². The molecule has 0 aromatic carbocycles. The molecule has 4 nitrogen and oxygen atoms in total. The van der Waals surface area contributed by atoms with Crippen LogP contribution >= 0.6 is 0 Å². The summed E-state index contributed by atoms with van der Waals surface area (Å²) in [6, 6.07) is 3.16. The van der Waals surface area contributed by atoms with Gasteiger partial charge in [0.25, 0.3) is 0 Å². The van der Waals surface area contributed by atoms with Crippen LogP contribution in [0.1, 0.15) is 60.8 Å². The second-order valence-corrected chi connectivity index (χ2v) is 10.8. The smallest absolute Gasteiger partial charge is 0.0514 e. The fourth-order valence-electron chi connectivity index (χ4n) is 5.89. The number of rotatable bonds is 2. The summed E-state index contributed by atoms with van der Waals surface area (Å²) in [7, 11) is 0. The van der Waals surface area contributed by atoms with Crippen molar-refractivity contribution in [2.45, 2.75) is 96.1 Å². The van der Waals surface area contributed by atoms with Gasteiger partial charge in [-0.15, -0.1) is 0 Å². The summed E-state index contributed by atoms with van der Waals surface area (Å²) in [5, 5.41) is 0. The van der Waals surface area contributed by atoms with E-state index in [4.69, 9.17) is 0 Å². The third kappa shape index (κ3) is 2.94. The first-order valence-electron chi connectivity index (χ1n) is 10.1. The van der Waals surface area contributed by atoms with Crippen LogP contribution in [0, 0.1) is 0 Å². The molecule has 0 aromatic heterocycles. The third-order valence-electron chi connectivity index (χ3n) is 7.08. The Bertz CT molecular complexity index is 477. The van der Waals surface area contributed by atoms with E-state index in [0.717, 1.165) is 24.2 Å². The van der Waals surface area contributed by atoms with Gasteiger partial charge in [-0.3, -0.25) is 19.6 Å². The fraction of sp³-hybridized carbons (Fsp3) is 1.00. The summed E-state index contributed by atoms with van der Waals surface area (Å²) in [5.74, 6) is 0. The second-order valence-electron chi connectivity index (χ2n) is 10.8. The quantitative estimate of drug-likeness (QED) is 0.769. The lowest BCUT2D eigenvalue weighted by atomic mass is 9.87. The van der Waals surface area contributed by atoms with E-state index in [-0.39, 0.29) is 0 Å². The highest BCUT2D eigenvalue weighted by molar-refractivity contribution is 5.05. The molecule has 4 bridgehead atoms. The van der Waals surface area contributed by atoms with Crippen LogP contribution < -0.4 is 0 Å². The van der Waals surface area contributed by atoms with Gasteiger partial charge in [0.15, 0.2) is 0 Å². The molecule has 0 saturated carbocycles. The van der Waals surface area contributed by atoms with Crippen LogP contribution in [0.3, 0.4) is 0 Å². The van der Waals surface area contributed by atoms with E-state index >= 15 is 0 Å². The van der Waals surface area contributed by atoms with Crippen LogP contribution in [0.25, 0.3) is 0 Å². The Balaban J connectivity index is 1.36. The Kier molecular flexibility index (Phi) is 4.08. The van der Waals surface area contributed by atoms with Gasteiger partial charge in [0.1, 0.15) is 0 Å². The summed E-state index contributed by atoms with van der Waals surface area (Å²) < 4.78 is 0. The molecule has 24 heavy (non-hydrogen) atoms. The summed E-state index contributed by atoms with van der Waals surface area (Å²) in [5.41, 5.74) is 0.665. The van der Waals surface area contributed by atoms with E-state index in [2.05, 4.69) is 61.1 Å². The van der Waals surface area contributed by atoms with E-state index in [1.165, 1.54) is 52.1 Å². The van der Waals surface area contributed by atoms with Crippen LogP contribution in [0.15, 0.2) is 0 Å². The molecule has 5 aliphatic heterocycles. The molecule has 4 atom stereocenters. The van der Waals surface area contributed by atoms with Crippen molar-refractivity contribution >= 4 is 0 Å². The van der Waals surface area contributed by atoms with E-state index in [1.807, 2.05) is 0 Å². The second kappa shape index (κ2) is 5.67. The summed E-state index contributed by atoms with van der Waals surface area (Å²) in [4.78, 5) is 11.1. The van der Waals surface area contributed by atoms with Crippen molar-refractivity contribution in [3.05, 3.63) is 0 Å². The zero-order chi connectivity index (χ0) is 17.3. The third-order valence-corrected chi connectivity index (χ3v) is 7.08. The van der Waals surface area contributed by atoms with Gasteiger partial charge in [0.2, 0.25) is 0 Å². The minimum atomic E-state index is 0.329. The van der Waals surface area contributed by atoms with Crippen molar-refractivity contribution in [1.29, 1.82) is 0 Å². The Labute approximate surface area is 149 Å². The van der Waals surface area contributed by atoms with Gasteiger partial charge in [-0.1, -0.05) is 0 Å². The Hall–Kier alpha value is -0.160. The molecule has 5 aliphatic rings. The SMILES string of the molecule is CC(C)(C)N1CC2CCC1CN2CN1C[C@H]2C[C@@H]1CN2C(C)(C)C. The van der Waals surface area contributed by atoms with Crippen molar-refractivity contribution in [2.24, 2.45) is 0 Å². The van der Waals surface area contributed by atoms with E-state index in [0.29, 0.717) is 11.1 Å². The van der Waals surface area contributed by atoms with Crippen LogP contribution in [-0.2, 0) is 0 Å².